The standard InChI is InChI=1S/C22H20ClN5O2S/c1-3-12-27-20(30)16-9-5-7-11-18(16)28-21(27)25-26-22(28)31-13-19(29)24-14(2)15-8-4-6-10-17(15)23/h3-11,14H,1,12-13H2,2H3,(H,24,29). The molecule has 1 N–H and O–H groups in total. The molecule has 0 bridgehead atoms. The van der Waals surface area contributed by atoms with Gasteiger partial charge in [0.15, 0.2) is 5.16 Å². The monoisotopic (exact) mass is 453 g/mol. The number of amides is 1. The third kappa shape index (κ3) is 4.08. The molecule has 4 aromatic rings. The fourth-order valence-electron chi connectivity index (χ4n) is 3.44. The van der Waals surface area contributed by atoms with Gasteiger partial charge in [0.05, 0.1) is 22.7 Å². The van der Waals surface area contributed by atoms with E-state index >= 15 is 0 Å². The highest BCUT2D eigenvalue weighted by Gasteiger charge is 2.18. The van der Waals surface area contributed by atoms with Crippen LogP contribution in [0, 0.1) is 0 Å². The zero-order valence-corrected chi connectivity index (χ0v) is 18.4. The van der Waals surface area contributed by atoms with Gasteiger partial charge in [-0.15, -0.1) is 16.8 Å². The van der Waals surface area contributed by atoms with Crippen molar-refractivity contribution in [1.82, 2.24) is 24.5 Å². The van der Waals surface area contributed by atoms with Crippen LogP contribution in [0.5, 0.6) is 0 Å². The minimum atomic E-state index is -0.226. The van der Waals surface area contributed by atoms with Crippen LogP contribution < -0.4 is 10.9 Å². The maximum absolute atomic E-state index is 12.8. The van der Waals surface area contributed by atoms with Gasteiger partial charge < -0.3 is 5.32 Å². The van der Waals surface area contributed by atoms with Gasteiger partial charge >= 0.3 is 0 Å². The summed E-state index contributed by atoms with van der Waals surface area (Å²) in [5.74, 6) is 0.402. The number of benzene rings is 2. The molecule has 0 saturated carbocycles. The summed E-state index contributed by atoms with van der Waals surface area (Å²) < 4.78 is 3.32. The molecule has 0 aliphatic heterocycles. The highest BCUT2D eigenvalue weighted by Crippen LogP contribution is 2.24. The summed E-state index contributed by atoms with van der Waals surface area (Å²) in [6, 6.07) is 14.5. The third-order valence-corrected chi connectivity index (χ3v) is 6.14. The van der Waals surface area contributed by atoms with Crippen LogP contribution in [-0.4, -0.2) is 30.8 Å². The first-order chi connectivity index (χ1) is 15.0. The molecule has 0 fully saturated rings. The Morgan fingerprint density at radius 1 is 1.23 bits per heavy atom. The maximum Gasteiger partial charge on any atom is 0.263 e. The summed E-state index contributed by atoms with van der Waals surface area (Å²) in [6.07, 6.45) is 1.64. The molecular weight excluding hydrogens is 434 g/mol. The third-order valence-electron chi connectivity index (χ3n) is 4.87. The number of carbonyl (C=O) groups excluding carboxylic acids is 1. The van der Waals surface area contributed by atoms with Gasteiger partial charge in [-0.25, -0.2) is 0 Å². The summed E-state index contributed by atoms with van der Waals surface area (Å²) in [4.78, 5) is 25.4. The number of thioether (sulfide) groups is 1. The largest absolute Gasteiger partial charge is 0.349 e. The molecule has 0 saturated heterocycles. The van der Waals surface area contributed by atoms with Crippen LogP contribution in [0.2, 0.25) is 5.02 Å². The second-order valence-corrected chi connectivity index (χ2v) is 8.29. The molecule has 31 heavy (non-hydrogen) atoms. The van der Waals surface area contributed by atoms with E-state index in [4.69, 9.17) is 11.6 Å². The number of para-hydroxylation sites is 1. The normalized spacial score (nSPS) is 12.2. The minimum Gasteiger partial charge on any atom is -0.349 e. The number of halogens is 1. The van der Waals surface area contributed by atoms with E-state index < -0.39 is 0 Å². The lowest BCUT2D eigenvalue weighted by atomic mass is 10.1. The first-order valence-electron chi connectivity index (χ1n) is 9.65. The first-order valence-corrected chi connectivity index (χ1v) is 11.0. The fraction of sp³-hybridized carbons (Fsp3) is 0.182. The van der Waals surface area contributed by atoms with E-state index in [1.165, 1.54) is 16.3 Å². The van der Waals surface area contributed by atoms with E-state index in [9.17, 15) is 9.59 Å². The van der Waals surface area contributed by atoms with Crippen molar-refractivity contribution < 1.29 is 4.79 Å². The van der Waals surface area contributed by atoms with Gasteiger partial charge in [-0.05, 0) is 30.7 Å². The van der Waals surface area contributed by atoms with Gasteiger partial charge in [0.1, 0.15) is 0 Å². The molecule has 2 aromatic carbocycles. The average Bonchev–Trinajstić information content (AvgIpc) is 3.19. The first kappa shape index (κ1) is 21.1. The van der Waals surface area contributed by atoms with Crippen molar-refractivity contribution in [3.05, 3.63) is 82.1 Å². The number of carbonyl (C=O) groups is 1. The molecule has 0 aliphatic carbocycles. The van der Waals surface area contributed by atoms with Gasteiger partial charge in [0.2, 0.25) is 11.7 Å². The Bertz CT molecular complexity index is 1350. The molecule has 0 radical (unpaired) electrons. The van der Waals surface area contributed by atoms with E-state index in [-0.39, 0.29) is 23.3 Å². The molecule has 1 unspecified atom stereocenters. The molecule has 2 heterocycles. The fourth-order valence-corrected chi connectivity index (χ4v) is 4.49. The smallest absolute Gasteiger partial charge is 0.263 e. The van der Waals surface area contributed by atoms with Crippen LogP contribution in [0.25, 0.3) is 16.7 Å². The van der Waals surface area contributed by atoms with Crippen LogP contribution in [0.4, 0.5) is 0 Å². The van der Waals surface area contributed by atoms with Crippen molar-refractivity contribution in [2.45, 2.75) is 24.7 Å². The summed E-state index contributed by atoms with van der Waals surface area (Å²) in [5, 5.41) is 13.1. The average molecular weight is 454 g/mol. The molecule has 1 amide bonds. The van der Waals surface area contributed by atoms with Crippen molar-refractivity contribution in [2.24, 2.45) is 0 Å². The Balaban J connectivity index is 1.61. The van der Waals surface area contributed by atoms with Crippen LogP contribution in [-0.2, 0) is 11.3 Å². The molecule has 9 heteroatoms. The molecule has 2 aromatic heterocycles. The topological polar surface area (TPSA) is 81.3 Å². The lowest BCUT2D eigenvalue weighted by molar-refractivity contribution is -0.119. The van der Waals surface area contributed by atoms with Gasteiger partial charge in [-0.2, -0.15) is 0 Å². The summed E-state index contributed by atoms with van der Waals surface area (Å²) >= 11 is 7.48. The summed E-state index contributed by atoms with van der Waals surface area (Å²) in [7, 11) is 0. The highest BCUT2D eigenvalue weighted by atomic mass is 35.5. The van der Waals surface area contributed by atoms with Gasteiger partial charge in [-0.1, -0.05) is 59.8 Å². The van der Waals surface area contributed by atoms with Crippen LogP contribution in [0.3, 0.4) is 0 Å². The Morgan fingerprint density at radius 2 is 1.97 bits per heavy atom. The minimum absolute atomic E-state index is 0.143. The number of aromatic nitrogens is 4. The number of rotatable bonds is 7. The number of fused-ring (bicyclic) bond motifs is 3. The van der Waals surface area contributed by atoms with Gasteiger partial charge in [0, 0.05) is 11.6 Å². The molecule has 7 nitrogen and oxygen atoms in total. The van der Waals surface area contributed by atoms with Gasteiger partial charge in [0.25, 0.3) is 5.56 Å². The zero-order valence-electron chi connectivity index (χ0n) is 16.8. The summed E-state index contributed by atoms with van der Waals surface area (Å²) in [5.41, 5.74) is 1.40. The van der Waals surface area contributed by atoms with Gasteiger partial charge in [-0.3, -0.25) is 18.6 Å². The SMILES string of the molecule is C=CCn1c(=O)c2ccccc2n2c(SCC(=O)NC(C)c3ccccc3Cl)nnc12. The van der Waals surface area contributed by atoms with E-state index in [0.717, 1.165) is 5.56 Å². The van der Waals surface area contributed by atoms with E-state index in [1.807, 2.05) is 43.3 Å². The molecule has 1 atom stereocenters. The molecular formula is C22H20ClN5O2S. The lowest BCUT2D eigenvalue weighted by Gasteiger charge is -2.15. The number of nitrogens with zero attached hydrogens (tertiary/aromatic N) is 4. The maximum atomic E-state index is 12.8. The number of nitrogens with one attached hydrogen (secondary N) is 1. The molecule has 4 rings (SSSR count). The van der Waals surface area contributed by atoms with Crippen molar-refractivity contribution in [3.8, 4) is 0 Å². The van der Waals surface area contributed by atoms with Crippen molar-refractivity contribution in [3.63, 3.8) is 0 Å². The van der Waals surface area contributed by atoms with E-state index in [1.54, 1.807) is 22.6 Å². The van der Waals surface area contributed by atoms with E-state index in [2.05, 4.69) is 22.1 Å². The number of allylic oxidation sites excluding steroid dienone is 1. The molecule has 0 spiro atoms. The predicted octanol–water partition coefficient (Wildman–Crippen LogP) is 3.85. The predicted molar refractivity (Wildman–Crippen MR) is 124 cm³/mol. The number of hydrogen-bond acceptors (Lipinski definition) is 5. The van der Waals surface area contributed by atoms with Crippen LogP contribution in [0.1, 0.15) is 18.5 Å². The summed E-state index contributed by atoms with van der Waals surface area (Å²) in [6.45, 7) is 5.92. The highest BCUT2D eigenvalue weighted by molar-refractivity contribution is 7.99. The van der Waals surface area contributed by atoms with Crippen LogP contribution in [0.15, 0.2) is 71.1 Å². The Kier molecular flexibility index (Phi) is 6.11. The second kappa shape index (κ2) is 8.95. The number of hydrogen-bond donors (Lipinski definition) is 1. The second-order valence-electron chi connectivity index (χ2n) is 6.94. The molecule has 0 aliphatic rings. The quantitative estimate of drug-likeness (QED) is 0.339. The van der Waals surface area contributed by atoms with Crippen molar-refractivity contribution in [2.75, 3.05) is 5.75 Å². The van der Waals surface area contributed by atoms with Crippen LogP contribution >= 0.6 is 23.4 Å². The lowest BCUT2D eigenvalue weighted by Crippen LogP contribution is -2.28. The Labute approximate surface area is 187 Å². The zero-order chi connectivity index (χ0) is 22.0. The Hall–Kier alpha value is -3.10. The molecule has 158 valence electrons. The van der Waals surface area contributed by atoms with Crippen molar-refractivity contribution in [1.29, 1.82) is 0 Å². The van der Waals surface area contributed by atoms with E-state index in [0.29, 0.717) is 33.4 Å². The van der Waals surface area contributed by atoms with Crippen molar-refractivity contribution >= 4 is 46.0 Å². The Morgan fingerprint density at radius 3 is 2.74 bits per heavy atom.